The predicted molar refractivity (Wildman–Crippen MR) is 93.6 cm³/mol. The maximum absolute atomic E-state index is 12.2. The average molecular weight is 360 g/mol. The number of nitrogens with zero attached hydrogens (tertiary/aromatic N) is 2. The lowest BCUT2D eigenvalue weighted by molar-refractivity contribution is -0.135. The molecule has 1 aliphatic rings. The highest BCUT2D eigenvalue weighted by atomic mass is 32.1. The second-order valence-corrected chi connectivity index (χ2v) is 6.53. The molecule has 6 nitrogen and oxygen atoms in total. The normalized spacial score (nSPS) is 14.2. The van der Waals surface area contributed by atoms with E-state index in [0.29, 0.717) is 17.9 Å². The molecule has 2 aromatic rings. The van der Waals surface area contributed by atoms with Crippen LogP contribution in [0.1, 0.15) is 35.3 Å². The van der Waals surface area contributed by atoms with Crippen LogP contribution in [0.15, 0.2) is 35.2 Å². The van der Waals surface area contributed by atoms with Crippen LogP contribution in [0.2, 0.25) is 0 Å². The van der Waals surface area contributed by atoms with E-state index in [0.717, 1.165) is 38.0 Å². The highest BCUT2D eigenvalue weighted by molar-refractivity contribution is 7.07. The smallest absolute Gasteiger partial charge is 0.338 e. The third kappa shape index (κ3) is 5.03. The van der Waals surface area contributed by atoms with Crippen molar-refractivity contribution in [2.75, 3.05) is 19.7 Å². The number of esters is 1. The van der Waals surface area contributed by atoms with E-state index in [9.17, 15) is 9.59 Å². The Morgan fingerprint density at radius 1 is 1.20 bits per heavy atom. The van der Waals surface area contributed by atoms with Crippen molar-refractivity contribution in [3.8, 4) is 5.75 Å². The van der Waals surface area contributed by atoms with Gasteiger partial charge in [0.2, 0.25) is 0 Å². The van der Waals surface area contributed by atoms with E-state index in [4.69, 9.17) is 9.47 Å². The van der Waals surface area contributed by atoms with Crippen LogP contribution in [-0.4, -0.2) is 41.5 Å². The molecule has 3 rings (SSSR count). The molecule has 0 aliphatic carbocycles. The number of likely N-dealkylation sites (tertiary alicyclic amines) is 1. The van der Waals surface area contributed by atoms with Crippen molar-refractivity contribution in [1.82, 2.24) is 9.88 Å². The molecule has 0 atom stereocenters. The van der Waals surface area contributed by atoms with E-state index < -0.39 is 5.97 Å². The Bertz CT molecular complexity index is 712. The lowest BCUT2D eigenvalue weighted by atomic mass is 10.1. The summed E-state index contributed by atoms with van der Waals surface area (Å²) in [6, 6.07) is 6.74. The quantitative estimate of drug-likeness (QED) is 0.741. The van der Waals surface area contributed by atoms with Gasteiger partial charge in [-0.25, -0.2) is 9.78 Å². The summed E-state index contributed by atoms with van der Waals surface area (Å²) in [6.07, 6.45) is 3.17. The lowest BCUT2D eigenvalue weighted by Crippen LogP contribution is -2.38. The largest absolute Gasteiger partial charge is 0.487 e. The Labute approximate surface area is 150 Å². The molecule has 0 spiro atoms. The number of thiazole rings is 1. The zero-order chi connectivity index (χ0) is 17.5. The number of carbonyl (C=O) groups is 2. The van der Waals surface area contributed by atoms with Gasteiger partial charge in [-0.1, -0.05) is 6.07 Å². The number of ether oxygens (including phenoxy) is 2. The first-order valence-corrected chi connectivity index (χ1v) is 9.21. The van der Waals surface area contributed by atoms with Gasteiger partial charge in [0, 0.05) is 18.5 Å². The summed E-state index contributed by atoms with van der Waals surface area (Å²) in [5, 5.41) is 1.91. The summed E-state index contributed by atoms with van der Waals surface area (Å²) < 4.78 is 10.8. The number of carbonyl (C=O) groups excluding carboxylic acids is 2. The van der Waals surface area contributed by atoms with Crippen LogP contribution < -0.4 is 4.74 Å². The maximum Gasteiger partial charge on any atom is 0.338 e. The topological polar surface area (TPSA) is 68.7 Å². The molecule has 0 saturated carbocycles. The van der Waals surface area contributed by atoms with Gasteiger partial charge in [-0.2, -0.15) is 0 Å². The number of rotatable bonds is 6. The summed E-state index contributed by atoms with van der Waals surface area (Å²) in [5.74, 6) is -0.0988. The average Bonchev–Trinajstić information content (AvgIpc) is 3.19. The van der Waals surface area contributed by atoms with Crippen LogP contribution in [0.5, 0.6) is 5.75 Å². The molecule has 0 N–H and O–H groups in total. The van der Waals surface area contributed by atoms with Gasteiger partial charge in [-0.05, 0) is 37.5 Å². The van der Waals surface area contributed by atoms with E-state index in [1.165, 1.54) is 11.3 Å². The number of hydrogen-bond donors (Lipinski definition) is 0. The van der Waals surface area contributed by atoms with Crippen LogP contribution >= 0.6 is 11.3 Å². The summed E-state index contributed by atoms with van der Waals surface area (Å²) in [5.41, 5.74) is 2.94. The molecular formula is C18H20N2O4S. The molecule has 1 fully saturated rings. The predicted octanol–water partition coefficient (Wildman–Crippen LogP) is 2.89. The SMILES string of the molecule is O=C(OCC(=O)N1CCCCC1)c1cccc(OCc2cscn2)c1. The molecule has 1 aliphatic heterocycles. The fourth-order valence-corrected chi connectivity index (χ4v) is 3.17. The lowest BCUT2D eigenvalue weighted by Gasteiger charge is -2.26. The Balaban J connectivity index is 1.51. The minimum atomic E-state index is -0.524. The highest BCUT2D eigenvalue weighted by Gasteiger charge is 2.18. The Hall–Kier alpha value is -2.41. The molecule has 0 unspecified atom stereocenters. The number of benzene rings is 1. The maximum atomic E-state index is 12.2. The van der Waals surface area contributed by atoms with Gasteiger partial charge in [-0.15, -0.1) is 11.3 Å². The standard InChI is InChI=1S/C18H20N2O4S/c21-17(20-7-2-1-3-8-20)11-24-18(22)14-5-4-6-16(9-14)23-10-15-12-25-13-19-15/h4-6,9,12-13H,1-3,7-8,10-11H2. The van der Waals surface area contributed by atoms with E-state index in [2.05, 4.69) is 4.98 Å². The van der Waals surface area contributed by atoms with Crippen LogP contribution in [0.25, 0.3) is 0 Å². The highest BCUT2D eigenvalue weighted by Crippen LogP contribution is 2.16. The first-order valence-electron chi connectivity index (χ1n) is 8.27. The number of piperidine rings is 1. The van der Waals surface area contributed by atoms with Crippen molar-refractivity contribution in [3.63, 3.8) is 0 Å². The van der Waals surface area contributed by atoms with Crippen LogP contribution in [0, 0.1) is 0 Å². The van der Waals surface area contributed by atoms with Crippen molar-refractivity contribution in [2.45, 2.75) is 25.9 Å². The summed E-state index contributed by atoms with van der Waals surface area (Å²) in [6.45, 7) is 1.62. The molecule has 2 heterocycles. The van der Waals surface area contributed by atoms with Gasteiger partial charge in [0.15, 0.2) is 6.61 Å². The Kier molecular flexibility index (Phi) is 6.00. The van der Waals surface area contributed by atoms with Gasteiger partial charge in [0.05, 0.1) is 16.8 Å². The monoisotopic (exact) mass is 360 g/mol. The van der Waals surface area contributed by atoms with Crippen LogP contribution in [0.3, 0.4) is 0 Å². The minimum Gasteiger partial charge on any atom is -0.487 e. The van der Waals surface area contributed by atoms with Gasteiger partial charge in [0.1, 0.15) is 12.4 Å². The van der Waals surface area contributed by atoms with Crippen molar-refractivity contribution < 1.29 is 19.1 Å². The molecule has 1 saturated heterocycles. The first kappa shape index (κ1) is 17.4. The van der Waals surface area contributed by atoms with Crippen molar-refractivity contribution in [3.05, 3.63) is 46.4 Å². The fraction of sp³-hybridized carbons (Fsp3) is 0.389. The van der Waals surface area contributed by atoms with Gasteiger partial charge in [0.25, 0.3) is 5.91 Å². The molecule has 1 aromatic carbocycles. The van der Waals surface area contributed by atoms with Crippen molar-refractivity contribution in [2.24, 2.45) is 0 Å². The van der Waals surface area contributed by atoms with Gasteiger partial charge < -0.3 is 14.4 Å². The molecule has 7 heteroatoms. The van der Waals surface area contributed by atoms with E-state index in [1.807, 2.05) is 5.38 Å². The third-order valence-corrected chi connectivity index (χ3v) is 4.61. The summed E-state index contributed by atoms with van der Waals surface area (Å²) in [4.78, 5) is 30.1. The molecule has 0 bridgehead atoms. The Morgan fingerprint density at radius 3 is 2.80 bits per heavy atom. The zero-order valence-electron chi connectivity index (χ0n) is 13.8. The molecule has 0 radical (unpaired) electrons. The van der Waals surface area contributed by atoms with Crippen LogP contribution in [-0.2, 0) is 16.1 Å². The van der Waals surface area contributed by atoms with E-state index in [1.54, 1.807) is 34.7 Å². The zero-order valence-corrected chi connectivity index (χ0v) is 14.7. The number of hydrogen-bond acceptors (Lipinski definition) is 6. The molecule has 1 aromatic heterocycles. The first-order chi connectivity index (χ1) is 12.2. The summed E-state index contributed by atoms with van der Waals surface area (Å²) in [7, 11) is 0. The van der Waals surface area contributed by atoms with Crippen LogP contribution in [0.4, 0.5) is 0 Å². The van der Waals surface area contributed by atoms with Gasteiger partial charge in [-0.3, -0.25) is 4.79 Å². The van der Waals surface area contributed by atoms with Crippen molar-refractivity contribution >= 4 is 23.2 Å². The van der Waals surface area contributed by atoms with E-state index >= 15 is 0 Å². The minimum absolute atomic E-state index is 0.135. The molecular weight excluding hydrogens is 340 g/mol. The number of aromatic nitrogens is 1. The van der Waals surface area contributed by atoms with Gasteiger partial charge >= 0.3 is 5.97 Å². The van der Waals surface area contributed by atoms with Crippen molar-refractivity contribution in [1.29, 1.82) is 0 Å². The molecule has 25 heavy (non-hydrogen) atoms. The Morgan fingerprint density at radius 2 is 2.04 bits per heavy atom. The molecule has 1 amide bonds. The fourth-order valence-electron chi connectivity index (χ4n) is 2.62. The third-order valence-electron chi connectivity index (χ3n) is 3.98. The van der Waals surface area contributed by atoms with E-state index in [-0.39, 0.29) is 12.5 Å². The second-order valence-electron chi connectivity index (χ2n) is 5.81. The second kappa shape index (κ2) is 8.62. The summed E-state index contributed by atoms with van der Waals surface area (Å²) >= 11 is 1.50. The number of amides is 1. The molecule has 132 valence electrons.